The SMILES string of the molecule is C[C@@H](O)CN1C(=O)C(=O)C(=C(O)c2ccccc2)[C@@H]1c1ccc(O)cc1. The fraction of sp³-hybridized carbons (Fsp3) is 0.200. The summed E-state index contributed by atoms with van der Waals surface area (Å²) in [7, 11) is 0. The van der Waals surface area contributed by atoms with Gasteiger partial charge in [0, 0.05) is 12.1 Å². The standard InChI is InChI=1S/C20H19NO5/c1-12(22)11-21-17(13-7-9-15(23)10-8-13)16(19(25)20(21)26)18(24)14-5-3-2-4-6-14/h2-10,12,17,22-24H,11H2,1H3/t12-,17+/m1/s1. The molecule has 1 amide bonds. The highest BCUT2D eigenvalue weighted by molar-refractivity contribution is 6.46. The van der Waals surface area contributed by atoms with Crippen LogP contribution in [-0.4, -0.2) is 44.6 Å². The lowest BCUT2D eigenvalue weighted by Gasteiger charge is -2.26. The summed E-state index contributed by atoms with van der Waals surface area (Å²) < 4.78 is 0. The molecular formula is C20H19NO5. The molecule has 2 aromatic carbocycles. The molecule has 0 spiro atoms. The Morgan fingerprint density at radius 3 is 2.27 bits per heavy atom. The molecule has 6 nitrogen and oxygen atoms in total. The number of ketones is 1. The fourth-order valence-electron chi connectivity index (χ4n) is 3.11. The Hall–Kier alpha value is -3.12. The lowest BCUT2D eigenvalue weighted by atomic mass is 9.95. The van der Waals surface area contributed by atoms with E-state index in [1.54, 1.807) is 42.5 Å². The molecule has 0 aliphatic carbocycles. The van der Waals surface area contributed by atoms with E-state index in [1.165, 1.54) is 24.0 Å². The van der Waals surface area contributed by atoms with Gasteiger partial charge < -0.3 is 20.2 Å². The number of carbonyl (C=O) groups is 2. The minimum absolute atomic E-state index is 0.0347. The molecule has 3 rings (SSSR count). The molecular weight excluding hydrogens is 334 g/mol. The number of phenols is 1. The topological polar surface area (TPSA) is 98.1 Å². The predicted octanol–water partition coefficient (Wildman–Crippen LogP) is 2.19. The Labute approximate surface area is 150 Å². The molecule has 0 unspecified atom stereocenters. The summed E-state index contributed by atoms with van der Waals surface area (Å²) in [6.45, 7) is 1.46. The van der Waals surface area contributed by atoms with E-state index in [4.69, 9.17) is 0 Å². The predicted molar refractivity (Wildman–Crippen MR) is 95.2 cm³/mol. The van der Waals surface area contributed by atoms with Crippen LogP contribution in [0.2, 0.25) is 0 Å². The summed E-state index contributed by atoms with van der Waals surface area (Å²) in [6, 6.07) is 13.7. The largest absolute Gasteiger partial charge is 0.508 e. The van der Waals surface area contributed by atoms with Crippen molar-refractivity contribution >= 4 is 17.4 Å². The van der Waals surface area contributed by atoms with Gasteiger partial charge in [-0.15, -0.1) is 0 Å². The average Bonchev–Trinajstić information content (AvgIpc) is 2.87. The van der Waals surface area contributed by atoms with Gasteiger partial charge in [0.1, 0.15) is 11.5 Å². The number of rotatable bonds is 4. The number of Topliss-reactive ketones (excluding diaryl/α,β-unsaturated/α-hetero) is 1. The Kier molecular flexibility index (Phi) is 4.77. The number of β-amino-alcohol motifs (C(OH)–C–C–N with tert-alkyl or cyclic N) is 1. The number of aliphatic hydroxyl groups is 2. The van der Waals surface area contributed by atoms with Gasteiger partial charge in [-0.3, -0.25) is 9.59 Å². The zero-order valence-corrected chi connectivity index (χ0v) is 14.2. The van der Waals surface area contributed by atoms with Gasteiger partial charge >= 0.3 is 0 Å². The van der Waals surface area contributed by atoms with E-state index in [2.05, 4.69) is 0 Å². The van der Waals surface area contributed by atoms with Gasteiger partial charge in [-0.05, 0) is 24.6 Å². The van der Waals surface area contributed by atoms with Crippen LogP contribution in [0.4, 0.5) is 0 Å². The number of benzene rings is 2. The molecule has 134 valence electrons. The average molecular weight is 353 g/mol. The van der Waals surface area contributed by atoms with Crippen molar-refractivity contribution < 1.29 is 24.9 Å². The van der Waals surface area contributed by atoms with Gasteiger partial charge in [0.15, 0.2) is 0 Å². The zero-order chi connectivity index (χ0) is 18.8. The van der Waals surface area contributed by atoms with E-state index < -0.39 is 23.8 Å². The summed E-state index contributed by atoms with van der Waals surface area (Å²) in [5.74, 6) is -1.80. The quantitative estimate of drug-likeness (QED) is 0.445. The molecule has 1 aliphatic rings. The molecule has 2 atom stereocenters. The Balaban J connectivity index is 2.18. The number of hydrogen-bond acceptors (Lipinski definition) is 5. The normalized spacial score (nSPS) is 20.4. The van der Waals surface area contributed by atoms with Crippen LogP contribution in [0.25, 0.3) is 5.76 Å². The molecule has 1 aliphatic heterocycles. The molecule has 1 heterocycles. The summed E-state index contributed by atoms with van der Waals surface area (Å²) in [5, 5.41) is 30.0. The van der Waals surface area contributed by atoms with Crippen LogP contribution in [0.3, 0.4) is 0 Å². The van der Waals surface area contributed by atoms with Gasteiger partial charge in [-0.2, -0.15) is 0 Å². The van der Waals surface area contributed by atoms with Crippen molar-refractivity contribution in [3.63, 3.8) is 0 Å². The number of aromatic hydroxyl groups is 1. The second-order valence-corrected chi connectivity index (χ2v) is 6.26. The molecule has 26 heavy (non-hydrogen) atoms. The van der Waals surface area contributed by atoms with E-state index in [0.29, 0.717) is 11.1 Å². The van der Waals surface area contributed by atoms with Gasteiger partial charge in [0.2, 0.25) is 0 Å². The number of amides is 1. The lowest BCUT2D eigenvalue weighted by Crippen LogP contribution is -2.35. The maximum Gasteiger partial charge on any atom is 0.295 e. The van der Waals surface area contributed by atoms with Crippen LogP contribution >= 0.6 is 0 Å². The fourth-order valence-corrected chi connectivity index (χ4v) is 3.11. The summed E-state index contributed by atoms with van der Waals surface area (Å²) in [6.07, 6.45) is -0.843. The third-order valence-corrected chi connectivity index (χ3v) is 4.26. The first-order valence-corrected chi connectivity index (χ1v) is 8.21. The third-order valence-electron chi connectivity index (χ3n) is 4.26. The number of phenolic OH excluding ortho intramolecular Hbond substituents is 1. The highest BCUT2D eigenvalue weighted by atomic mass is 16.3. The third kappa shape index (κ3) is 3.19. The Morgan fingerprint density at radius 2 is 1.69 bits per heavy atom. The summed E-state index contributed by atoms with van der Waals surface area (Å²) >= 11 is 0. The minimum atomic E-state index is -0.843. The molecule has 1 fully saturated rings. The van der Waals surface area contributed by atoms with Crippen LogP contribution in [0.15, 0.2) is 60.2 Å². The van der Waals surface area contributed by atoms with Crippen LogP contribution < -0.4 is 0 Å². The number of aliphatic hydroxyl groups excluding tert-OH is 2. The highest BCUT2D eigenvalue weighted by Gasteiger charge is 2.46. The second kappa shape index (κ2) is 7.01. The molecule has 0 saturated carbocycles. The Morgan fingerprint density at radius 1 is 1.08 bits per heavy atom. The lowest BCUT2D eigenvalue weighted by molar-refractivity contribution is -0.140. The van der Waals surface area contributed by atoms with Crippen molar-refractivity contribution in [2.24, 2.45) is 0 Å². The monoisotopic (exact) mass is 353 g/mol. The van der Waals surface area contributed by atoms with Gasteiger partial charge in [-0.25, -0.2) is 0 Å². The van der Waals surface area contributed by atoms with E-state index in [1.807, 2.05) is 0 Å². The highest BCUT2D eigenvalue weighted by Crippen LogP contribution is 2.39. The number of carbonyl (C=O) groups excluding carboxylic acids is 2. The maximum absolute atomic E-state index is 12.6. The first-order chi connectivity index (χ1) is 12.4. The van der Waals surface area contributed by atoms with E-state index in [-0.39, 0.29) is 23.6 Å². The van der Waals surface area contributed by atoms with Crippen molar-refractivity contribution in [2.75, 3.05) is 6.54 Å². The van der Waals surface area contributed by atoms with Crippen LogP contribution in [0, 0.1) is 0 Å². The van der Waals surface area contributed by atoms with E-state index >= 15 is 0 Å². The van der Waals surface area contributed by atoms with Gasteiger partial charge in [0.05, 0.1) is 17.7 Å². The van der Waals surface area contributed by atoms with E-state index in [9.17, 15) is 24.9 Å². The second-order valence-electron chi connectivity index (χ2n) is 6.26. The number of hydrogen-bond donors (Lipinski definition) is 3. The first-order valence-electron chi connectivity index (χ1n) is 8.21. The smallest absolute Gasteiger partial charge is 0.295 e. The summed E-state index contributed by atoms with van der Waals surface area (Å²) in [4.78, 5) is 26.4. The van der Waals surface area contributed by atoms with Crippen molar-refractivity contribution in [1.82, 2.24) is 4.90 Å². The van der Waals surface area contributed by atoms with Gasteiger partial charge in [-0.1, -0.05) is 42.5 Å². The molecule has 0 radical (unpaired) electrons. The van der Waals surface area contributed by atoms with Gasteiger partial charge in [0.25, 0.3) is 11.7 Å². The van der Waals surface area contributed by atoms with Crippen molar-refractivity contribution in [2.45, 2.75) is 19.1 Å². The number of likely N-dealkylation sites (tertiary alicyclic amines) is 1. The van der Waals surface area contributed by atoms with Crippen LogP contribution in [-0.2, 0) is 9.59 Å². The Bertz CT molecular complexity index is 856. The molecule has 6 heteroatoms. The van der Waals surface area contributed by atoms with E-state index in [0.717, 1.165) is 0 Å². The zero-order valence-electron chi connectivity index (χ0n) is 14.2. The molecule has 0 bridgehead atoms. The molecule has 3 N–H and O–H groups in total. The minimum Gasteiger partial charge on any atom is -0.508 e. The number of nitrogens with zero attached hydrogens (tertiary/aromatic N) is 1. The molecule has 1 saturated heterocycles. The van der Waals surface area contributed by atoms with Crippen molar-refractivity contribution in [1.29, 1.82) is 0 Å². The maximum atomic E-state index is 12.6. The molecule has 2 aromatic rings. The first kappa shape index (κ1) is 17.7. The van der Waals surface area contributed by atoms with Crippen LogP contribution in [0.5, 0.6) is 5.75 Å². The van der Waals surface area contributed by atoms with Crippen molar-refractivity contribution in [3.8, 4) is 5.75 Å². The molecule has 0 aromatic heterocycles. The summed E-state index contributed by atoms with van der Waals surface area (Å²) in [5.41, 5.74) is 0.944. The van der Waals surface area contributed by atoms with Crippen LogP contribution in [0.1, 0.15) is 24.1 Å². The van der Waals surface area contributed by atoms with Crippen molar-refractivity contribution in [3.05, 3.63) is 71.3 Å².